The number of rotatable bonds is 5. The third-order valence-electron chi connectivity index (χ3n) is 4.23. The summed E-state index contributed by atoms with van der Waals surface area (Å²) in [6, 6.07) is 0. The number of nitrogens with zero attached hydrogens (tertiary/aromatic N) is 2. The lowest BCUT2D eigenvalue weighted by Gasteiger charge is -2.39. The molecule has 0 aromatic carbocycles. The second-order valence-electron chi connectivity index (χ2n) is 7.97. The van der Waals surface area contributed by atoms with Crippen LogP contribution in [0.2, 0.25) is 0 Å². The Morgan fingerprint density at radius 2 is 1.68 bits per heavy atom. The van der Waals surface area contributed by atoms with E-state index in [0.717, 1.165) is 13.1 Å². The van der Waals surface area contributed by atoms with Crippen molar-refractivity contribution >= 4 is 15.7 Å². The van der Waals surface area contributed by atoms with Crippen molar-refractivity contribution < 1.29 is 13.2 Å². The zero-order valence-electron chi connectivity index (χ0n) is 14.9. The summed E-state index contributed by atoms with van der Waals surface area (Å²) in [5, 5.41) is 0. The van der Waals surface area contributed by atoms with E-state index in [1.807, 2.05) is 30.6 Å². The fourth-order valence-corrected chi connectivity index (χ4v) is 3.61. The molecule has 1 aliphatic heterocycles. The molecule has 0 unspecified atom stereocenters. The minimum Gasteiger partial charge on any atom is -0.341 e. The Labute approximate surface area is 136 Å². The molecule has 1 heterocycles. The van der Waals surface area contributed by atoms with E-state index in [4.69, 9.17) is 0 Å². The van der Waals surface area contributed by atoms with Crippen LogP contribution in [0.1, 0.15) is 41.0 Å². The minimum absolute atomic E-state index is 0.0877. The second-order valence-corrected chi connectivity index (χ2v) is 10.2. The van der Waals surface area contributed by atoms with Crippen LogP contribution in [0.15, 0.2) is 0 Å². The van der Waals surface area contributed by atoms with Gasteiger partial charge in [0.05, 0.1) is 12.3 Å². The van der Waals surface area contributed by atoms with Gasteiger partial charge in [-0.2, -0.15) is 0 Å². The number of hydrogen-bond acceptors (Lipinski definition) is 4. The number of carbonyl (C=O) groups excluding carboxylic acids is 1. The monoisotopic (exact) mass is 332 g/mol. The van der Waals surface area contributed by atoms with Gasteiger partial charge in [-0.3, -0.25) is 9.69 Å². The van der Waals surface area contributed by atoms with Crippen LogP contribution in [-0.4, -0.2) is 67.9 Å². The van der Waals surface area contributed by atoms with Crippen molar-refractivity contribution in [3.05, 3.63) is 0 Å². The standard InChI is InChI=1S/C16H32N2O3S/c1-13-9-14(2)11-17(10-13)15(19)12-18(16(3,4)5)7-8-22(6,20)21/h13-14H,7-12H2,1-6H3/t13-,14+. The number of sulfone groups is 1. The van der Waals surface area contributed by atoms with E-state index in [-0.39, 0.29) is 17.2 Å². The van der Waals surface area contributed by atoms with Gasteiger partial charge < -0.3 is 4.90 Å². The molecule has 0 aromatic rings. The Morgan fingerprint density at radius 3 is 2.09 bits per heavy atom. The van der Waals surface area contributed by atoms with Gasteiger partial charge in [-0.05, 0) is 39.0 Å². The van der Waals surface area contributed by atoms with Crippen LogP contribution in [0, 0.1) is 11.8 Å². The zero-order chi connectivity index (χ0) is 17.1. The maximum absolute atomic E-state index is 12.6. The first-order valence-electron chi connectivity index (χ1n) is 8.09. The molecule has 1 saturated heterocycles. The molecule has 0 spiro atoms. The summed E-state index contributed by atoms with van der Waals surface area (Å²) < 4.78 is 22.8. The molecule has 22 heavy (non-hydrogen) atoms. The molecule has 0 radical (unpaired) electrons. The minimum atomic E-state index is -3.02. The summed E-state index contributed by atoms with van der Waals surface area (Å²) in [5.74, 6) is 1.27. The van der Waals surface area contributed by atoms with Crippen molar-refractivity contribution in [2.75, 3.05) is 38.2 Å². The lowest BCUT2D eigenvalue weighted by Crippen LogP contribution is -2.52. The Kier molecular flexibility index (Phi) is 6.45. The van der Waals surface area contributed by atoms with Gasteiger partial charge >= 0.3 is 0 Å². The van der Waals surface area contributed by atoms with Crippen molar-refractivity contribution in [3.8, 4) is 0 Å². The van der Waals surface area contributed by atoms with Gasteiger partial charge in [-0.15, -0.1) is 0 Å². The van der Waals surface area contributed by atoms with Gasteiger partial charge in [-0.1, -0.05) is 13.8 Å². The Morgan fingerprint density at radius 1 is 1.18 bits per heavy atom. The predicted molar refractivity (Wildman–Crippen MR) is 90.6 cm³/mol. The molecule has 0 aromatic heterocycles. The van der Waals surface area contributed by atoms with Crippen LogP contribution < -0.4 is 0 Å². The van der Waals surface area contributed by atoms with E-state index >= 15 is 0 Å². The highest BCUT2D eigenvalue weighted by Gasteiger charge is 2.30. The first kappa shape index (κ1) is 19.4. The van der Waals surface area contributed by atoms with Crippen molar-refractivity contribution in [2.24, 2.45) is 11.8 Å². The van der Waals surface area contributed by atoms with Crippen LogP contribution >= 0.6 is 0 Å². The highest BCUT2D eigenvalue weighted by atomic mass is 32.2. The van der Waals surface area contributed by atoms with Crippen molar-refractivity contribution in [2.45, 2.75) is 46.6 Å². The maximum Gasteiger partial charge on any atom is 0.236 e. The largest absolute Gasteiger partial charge is 0.341 e. The first-order chi connectivity index (χ1) is 9.88. The van der Waals surface area contributed by atoms with Crippen LogP contribution in [-0.2, 0) is 14.6 Å². The molecule has 1 aliphatic rings. The zero-order valence-corrected chi connectivity index (χ0v) is 15.7. The third kappa shape index (κ3) is 6.65. The molecule has 0 N–H and O–H groups in total. The molecule has 6 heteroatoms. The van der Waals surface area contributed by atoms with E-state index in [1.165, 1.54) is 12.7 Å². The fourth-order valence-electron chi connectivity index (χ4n) is 3.06. The number of piperidine rings is 1. The van der Waals surface area contributed by atoms with E-state index in [1.54, 1.807) is 0 Å². The summed E-state index contributed by atoms with van der Waals surface area (Å²) in [5.41, 5.74) is -0.229. The smallest absolute Gasteiger partial charge is 0.236 e. The van der Waals surface area contributed by atoms with Gasteiger partial charge in [0.1, 0.15) is 9.84 Å². The first-order valence-corrected chi connectivity index (χ1v) is 10.1. The van der Waals surface area contributed by atoms with Gasteiger partial charge in [-0.25, -0.2) is 8.42 Å². The number of amides is 1. The molecule has 0 aliphatic carbocycles. The van der Waals surface area contributed by atoms with Crippen molar-refractivity contribution in [1.29, 1.82) is 0 Å². The van der Waals surface area contributed by atoms with E-state index in [9.17, 15) is 13.2 Å². The summed E-state index contributed by atoms with van der Waals surface area (Å²) in [7, 11) is -3.02. The Hall–Kier alpha value is -0.620. The number of carbonyl (C=O) groups is 1. The molecule has 130 valence electrons. The van der Waals surface area contributed by atoms with Crippen LogP contribution in [0.3, 0.4) is 0 Å². The molecular formula is C16H32N2O3S. The number of likely N-dealkylation sites (tertiary alicyclic amines) is 1. The molecule has 0 saturated carbocycles. The maximum atomic E-state index is 12.6. The van der Waals surface area contributed by atoms with E-state index < -0.39 is 9.84 Å². The molecule has 0 bridgehead atoms. The van der Waals surface area contributed by atoms with Crippen molar-refractivity contribution in [1.82, 2.24) is 9.80 Å². The molecule has 1 fully saturated rings. The normalized spacial score (nSPS) is 23.9. The lowest BCUT2D eigenvalue weighted by atomic mass is 9.92. The summed E-state index contributed by atoms with van der Waals surface area (Å²) in [4.78, 5) is 16.5. The highest BCUT2D eigenvalue weighted by molar-refractivity contribution is 7.90. The van der Waals surface area contributed by atoms with E-state index in [0.29, 0.717) is 24.9 Å². The average molecular weight is 333 g/mol. The van der Waals surface area contributed by atoms with Crippen LogP contribution in [0.25, 0.3) is 0 Å². The molecule has 1 amide bonds. The van der Waals surface area contributed by atoms with E-state index in [2.05, 4.69) is 13.8 Å². The summed E-state index contributed by atoms with van der Waals surface area (Å²) in [6.07, 6.45) is 2.41. The predicted octanol–water partition coefficient (Wildman–Crippen LogP) is 1.64. The summed E-state index contributed by atoms with van der Waals surface area (Å²) in [6.45, 7) is 12.7. The number of hydrogen-bond donors (Lipinski definition) is 0. The average Bonchev–Trinajstić information content (AvgIpc) is 2.30. The molecule has 1 rings (SSSR count). The Bertz CT molecular complexity index is 472. The molecular weight excluding hydrogens is 300 g/mol. The SMILES string of the molecule is C[C@@H]1C[C@H](C)CN(C(=O)CN(CCS(C)(=O)=O)C(C)(C)C)C1. The lowest BCUT2D eigenvalue weighted by molar-refractivity contribution is -0.136. The molecule has 2 atom stereocenters. The fraction of sp³-hybridized carbons (Fsp3) is 0.938. The van der Waals surface area contributed by atoms with Gasteiger partial charge in [0.15, 0.2) is 0 Å². The molecule has 5 nitrogen and oxygen atoms in total. The van der Waals surface area contributed by atoms with Gasteiger partial charge in [0.25, 0.3) is 0 Å². The van der Waals surface area contributed by atoms with Crippen LogP contribution in [0.5, 0.6) is 0 Å². The van der Waals surface area contributed by atoms with Crippen LogP contribution in [0.4, 0.5) is 0 Å². The third-order valence-corrected chi connectivity index (χ3v) is 5.15. The van der Waals surface area contributed by atoms with Crippen molar-refractivity contribution in [3.63, 3.8) is 0 Å². The quantitative estimate of drug-likeness (QED) is 0.768. The summed E-state index contributed by atoms with van der Waals surface area (Å²) >= 11 is 0. The highest BCUT2D eigenvalue weighted by Crippen LogP contribution is 2.22. The van der Waals surface area contributed by atoms with Gasteiger partial charge in [0, 0.05) is 31.4 Å². The Balaban J connectivity index is 2.70. The van der Waals surface area contributed by atoms with Gasteiger partial charge in [0.2, 0.25) is 5.91 Å². The second kappa shape index (κ2) is 7.30. The topological polar surface area (TPSA) is 57.7 Å².